The summed E-state index contributed by atoms with van der Waals surface area (Å²) in [6.07, 6.45) is 4.57. The molecule has 0 aliphatic carbocycles. The van der Waals surface area contributed by atoms with Crippen molar-refractivity contribution in [2.75, 3.05) is 6.54 Å². The summed E-state index contributed by atoms with van der Waals surface area (Å²) in [5.41, 5.74) is 11.3. The lowest BCUT2D eigenvalue weighted by Gasteiger charge is -2.06. The topological polar surface area (TPSA) is 56.7 Å². The number of hydrogen-bond donors (Lipinski definition) is 1. The Hall–Kier alpha value is -2.20. The molecule has 4 nitrogen and oxygen atoms in total. The van der Waals surface area contributed by atoms with Crippen molar-refractivity contribution in [3.05, 3.63) is 53.5 Å². The van der Waals surface area contributed by atoms with E-state index in [1.165, 1.54) is 11.1 Å². The molecule has 0 unspecified atom stereocenters. The third-order valence-electron chi connectivity index (χ3n) is 3.65. The van der Waals surface area contributed by atoms with E-state index in [0.717, 1.165) is 28.8 Å². The van der Waals surface area contributed by atoms with Gasteiger partial charge in [-0.2, -0.15) is 0 Å². The molecule has 0 atom stereocenters. The zero-order chi connectivity index (χ0) is 14.1. The van der Waals surface area contributed by atoms with Crippen LogP contribution in [0.3, 0.4) is 0 Å². The predicted octanol–water partition coefficient (Wildman–Crippen LogP) is 2.54. The van der Waals surface area contributed by atoms with Gasteiger partial charge in [-0.15, -0.1) is 0 Å². The molecule has 2 aromatic heterocycles. The largest absolute Gasteiger partial charge is 0.330 e. The van der Waals surface area contributed by atoms with E-state index in [9.17, 15) is 0 Å². The summed E-state index contributed by atoms with van der Waals surface area (Å²) in [5.74, 6) is 0.886. The minimum Gasteiger partial charge on any atom is -0.330 e. The summed E-state index contributed by atoms with van der Waals surface area (Å²) in [4.78, 5) is 8.97. The molecular weight excluding hydrogens is 248 g/mol. The fourth-order valence-electron chi connectivity index (χ4n) is 2.32. The highest BCUT2D eigenvalue weighted by Crippen LogP contribution is 2.21. The van der Waals surface area contributed by atoms with Crippen molar-refractivity contribution in [3.63, 3.8) is 0 Å². The Morgan fingerprint density at radius 2 is 1.90 bits per heavy atom. The second kappa shape index (κ2) is 5.06. The average Bonchev–Trinajstić information content (AvgIpc) is 2.83. The van der Waals surface area contributed by atoms with Gasteiger partial charge >= 0.3 is 0 Å². The highest BCUT2D eigenvalue weighted by atomic mass is 15.1. The Labute approximate surface area is 118 Å². The van der Waals surface area contributed by atoms with Crippen LogP contribution in [0.2, 0.25) is 0 Å². The van der Waals surface area contributed by atoms with Gasteiger partial charge in [-0.25, -0.2) is 9.97 Å². The van der Waals surface area contributed by atoms with Crippen LogP contribution in [-0.2, 0) is 6.42 Å². The zero-order valence-electron chi connectivity index (χ0n) is 11.8. The molecule has 0 saturated heterocycles. The number of pyridine rings is 1. The summed E-state index contributed by atoms with van der Waals surface area (Å²) in [6.45, 7) is 4.87. The fourth-order valence-corrected chi connectivity index (χ4v) is 2.32. The lowest BCUT2D eigenvalue weighted by molar-refractivity contribution is 0.943. The molecule has 0 saturated carbocycles. The van der Waals surface area contributed by atoms with Crippen LogP contribution in [0, 0.1) is 13.8 Å². The van der Waals surface area contributed by atoms with Crippen LogP contribution in [0.25, 0.3) is 16.9 Å². The molecule has 0 bridgehead atoms. The molecule has 0 aliphatic heterocycles. The number of aryl methyl sites for hydroxylation is 2. The number of aromatic nitrogens is 3. The van der Waals surface area contributed by atoms with Gasteiger partial charge in [-0.1, -0.05) is 6.07 Å². The van der Waals surface area contributed by atoms with Crippen LogP contribution in [0.1, 0.15) is 16.7 Å². The molecule has 20 heavy (non-hydrogen) atoms. The van der Waals surface area contributed by atoms with Crippen molar-refractivity contribution in [2.24, 2.45) is 5.73 Å². The summed E-state index contributed by atoms with van der Waals surface area (Å²) in [5, 5.41) is 0. The lowest BCUT2D eigenvalue weighted by atomic mass is 10.1. The van der Waals surface area contributed by atoms with Gasteiger partial charge in [0.05, 0.1) is 11.0 Å². The summed E-state index contributed by atoms with van der Waals surface area (Å²) in [6, 6.07) is 8.36. The van der Waals surface area contributed by atoms with E-state index in [1.807, 2.05) is 23.2 Å². The molecule has 0 spiro atoms. The maximum atomic E-state index is 5.56. The molecule has 0 amide bonds. The molecule has 102 valence electrons. The number of hydrogen-bond acceptors (Lipinski definition) is 3. The van der Waals surface area contributed by atoms with Gasteiger partial charge in [-0.05, 0) is 61.7 Å². The van der Waals surface area contributed by atoms with Gasteiger partial charge in [0.25, 0.3) is 0 Å². The quantitative estimate of drug-likeness (QED) is 0.792. The summed E-state index contributed by atoms with van der Waals surface area (Å²) >= 11 is 0. The van der Waals surface area contributed by atoms with E-state index in [0.29, 0.717) is 6.54 Å². The first kappa shape index (κ1) is 12.8. The third-order valence-corrected chi connectivity index (χ3v) is 3.65. The Kier molecular flexibility index (Phi) is 3.24. The van der Waals surface area contributed by atoms with E-state index < -0.39 is 0 Å². The average molecular weight is 266 g/mol. The second-order valence-corrected chi connectivity index (χ2v) is 5.10. The molecule has 2 heterocycles. The molecule has 3 rings (SSSR count). The van der Waals surface area contributed by atoms with Gasteiger partial charge in [-0.3, -0.25) is 4.57 Å². The van der Waals surface area contributed by atoms with Gasteiger partial charge in [0, 0.05) is 6.20 Å². The van der Waals surface area contributed by atoms with Crippen molar-refractivity contribution < 1.29 is 0 Å². The number of rotatable bonds is 3. The van der Waals surface area contributed by atoms with Gasteiger partial charge in [0.1, 0.15) is 12.1 Å². The van der Waals surface area contributed by atoms with Crippen molar-refractivity contribution >= 4 is 11.0 Å². The maximum absolute atomic E-state index is 5.56. The number of benzene rings is 1. The van der Waals surface area contributed by atoms with Gasteiger partial charge in [0.15, 0.2) is 0 Å². The standard InChI is InChI=1S/C16H18N4/c1-11-7-14-15(8-12(11)2)20(10-19-14)16-4-3-13(5-6-17)9-18-16/h3-4,7-10H,5-6,17H2,1-2H3. The van der Waals surface area contributed by atoms with Crippen LogP contribution in [0.5, 0.6) is 0 Å². The number of imidazole rings is 1. The molecule has 4 heteroatoms. The SMILES string of the molecule is Cc1cc2ncn(-c3ccc(CCN)cn3)c2cc1C. The predicted molar refractivity (Wildman–Crippen MR) is 81.1 cm³/mol. The number of nitrogens with two attached hydrogens (primary N) is 1. The van der Waals surface area contributed by atoms with Crippen LogP contribution < -0.4 is 5.73 Å². The monoisotopic (exact) mass is 266 g/mol. The zero-order valence-corrected chi connectivity index (χ0v) is 11.8. The minimum absolute atomic E-state index is 0.646. The molecule has 0 fully saturated rings. The molecule has 0 radical (unpaired) electrons. The fraction of sp³-hybridized carbons (Fsp3) is 0.250. The Morgan fingerprint density at radius 1 is 1.10 bits per heavy atom. The normalized spacial score (nSPS) is 11.2. The third kappa shape index (κ3) is 2.18. The molecule has 2 N–H and O–H groups in total. The smallest absolute Gasteiger partial charge is 0.138 e. The lowest BCUT2D eigenvalue weighted by Crippen LogP contribution is -2.04. The highest BCUT2D eigenvalue weighted by molar-refractivity contribution is 5.78. The summed E-state index contributed by atoms with van der Waals surface area (Å²) < 4.78 is 2.02. The molecule has 0 aliphatic rings. The van der Waals surface area contributed by atoms with E-state index in [4.69, 9.17) is 5.73 Å². The van der Waals surface area contributed by atoms with Gasteiger partial charge in [0.2, 0.25) is 0 Å². The first-order chi connectivity index (χ1) is 9.69. The van der Waals surface area contributed by atoms with Crippen molar-refractivity contribution in [1.82, 2.24) is 14.5 Å². The van der Waals surface area contributed by atoms with Crippen LogP contribution in [0.15, 0.2) is 36.8 Å². The molecular formula is C16H18N4. The number of fused-ring (bicyclic) bond motifs is 1. The van der Waals surface area contributed by atoms with Crippen molar-refractivity contribution in [3.8, 4) is 5.82 Å². The van der Waals surface area contributed by atoms with E-state index in [1.54, 1.807) is 0 Å². The van der Waals surface area contributed by atoms with E-state index in [-0.39, 0.29) is 0 Å². The van der Waals surface area contributed by atoms with Crippen LogP contribution in [-0.4, -0.2) is 21.1 Å². The Bertz CT molecular complexity index is 741. The first-order valence-corrected chi connectivity index (χ1v) is 6.78. The maximum Gasteiger partial charge on any atom is 0.138 e. The second-order valence-electron chi connectivity index (χ2n) is 5.10. The van der Waals surface area contributed by atoms with Crippen molar-refractivity contribution in [2.45, 2.75) is 20.3 Å². The Morgan fingerprint density at radius 3 is 2.60 bits per heavy atom. The minimum atomic E-state index is 0.646. The number of nitrogens with zero attached hydrogens (tertiary/aromatic N) is 3. The van der Waals surface area contributed by atoms with E-state index >= 15 is 0 Å². The van der Waals surface area contributed by atoms with Crippen LogP contribution >= 0.6 is 0 Å². The van der Waals surface area contributed by atoms with Gasteiger partial charge < -0.3 is 5.73 Å². The summed E-state index contributed by atoms with van der Waals surface area (Å²) in [7, 11) is 0. The Balaban J connectivity index is 2.07. The van der Waals surface area contributed by atoms with E-state index in [2.05, 4.69) is 42.0 Å². The first-order valence-electron chi connectivity index (χ1n) is 6.78. The van der Waals surface area contributed by atoms with Crippen molar-refractivity contribution in [1.29, 1.82) is 0 Å². The molecule has 3 aromatic rings. The molecule has 1 aromatic carbocycles. The highest BCUT2D eigenvalue weighted by Gasteiger charge is 2.07. The van der Waals surface area contributed by atoms with Crippen LogP contribution in [0.4, 0.5) is 0 Å².